The zero-order chi connectivity index (χ0) is 13.1. The summed E-state index contributed by atoms with van der Waals surface area (Å²) in [7, 11) is 1.48. The minimum atomic E-state index is -4.21. The molecule has 1 aromatic rings. The first kappa shape index (κ1) is 13.5. The van der Waals surface area contributed by atoms with E-state index in [0.717, 1.165) is 0 Å². The lowest BCUT2D eigenvalue weighted by Gasteiger charge is -2.19. The molecule has 0 amide bonds. The molecule has 96 valence electrons. The lowest BCUT2D eigenvalue weighted by atomic mass is 10.3. The summed E-state index contributed by atoms with van der Waals surface area (Å²) in [6.07, 6.45) is -4.61. The number of aromatic amines is 1. The van der Waals surface area contributed by atoms with Crippen LogP contribution in [0.25, 0.3) is 0 Å². The van der Waals surface area contributed by atoms with Gasteiger partial charge < -0.3 is 9.88 Å². The first-order chi connectivity index (χ1) is 7.81. The van der Waals surface area contributed by atoms with Crippen molar-refractivity contribution in [2.45, 2.75) is 25.9 Å². The van der Waals surface area contributed by atoms with E-state index in [4.69, 9.17) is 0 Å². The number of nitrogens with zero attached hydrogens (tertiary/aromatic N) is 2. The Balaban J connectivity index is 2.78. The standard InChI is InChI=1S/C10H14F3N3O/c1-3-7-14-8(6-9(17)15-7)16(2)5-4-10(11,12)13/h6H,3-5H2,1-2H3,(H,14,15,17). The molecular formula is C10H14F3N3O. The highest BCUT2D eigenvalue weighted by atomic mass is 19.4. The first-order valence-corrected chi connectivity index (χ1v) is 5.20. The van der Waals surface area contributed by atoms with Crippen LogP contribution in [0.3, 0.4) is 0 Å². The Morgan fingerprint density at radius 2 is 2.12 bits per heavy atom. The number of aryl methyl sites for hydroxylation is 1. The topological polar surface area (TPSA) is 49.0 Å². The highest BCUT2D eigenvalue weighted by Gasteiger charge is 2.27. The maximum Gasteiger partial charge on any atom is 0.390 e. The van der Waals surface area contributed by atoms with Gasteiger partial charge in [-0.25, -0.2) is 4.98 Å². The molecule has 0 saturated heterocycles. The van der Waals surface area contributed by atoms with Crippen LogP contribution in [0.15, 0.2) is 10.9 Å². The van der Waals surface area contributed by atoms with Crippen molar-refractivity contribution >= 4 is 5.82 Å². The van der Waals surface area contributed by atoms with Crippen LogP contribution >= 0.6 is 0 Å². The lowest BCUT2D eigenvalue weighted by Crippen LogP contribution is -2.26. The van der Waals surface area contributed by atoms with Gasteiger partial charge in [0, 0.05) is 26.1 Å². The van der Waals surface area contributed by atoms with Crippen molar-refractivity contribution in [2.24, 2.45) is 0 Å². The highest BCUT2D eigenvalue weighted by Crippen LogP contribution is 2.20. The minimum absolute atomic E-state index is 0.219. The molecular weight excluding hydrogens is 235 g/mol. The van der Waals surface area contributed by atoms with Crippen LogP contribution in [0, 0.1) is 0 Å². The molecule has 0 radical (unpaired) electrons. The number of nitrogens with one attached hydrogen (secondary N) is 1. The second-order valence-corrected chi connectivity index (χ2v) is 3.69. The number of anilines is 1. The van der Waals surface area contributed by atoms with Gasteiger partial charge in [-0.3, -0.25) is 4.79 Å². The number of H-pyrrole nitrogens is 1. The molecule has 0 bridgehead atoms. The van der Waals surface area contributed by atoms with Crippen LogP contribution in [0.5, 0.6) is 0 Å². The summed E-state index contributed by atoms with van der Waals surface area (Å²) in [5.74, 6) is 0.723. The van der Waals surface area contributed by atoms with Gasteiger partial charge in [0.05, 0.1) is 6.42 Å². The lowest BCUT2D eigenvalue weighted by molar-refractivity contribution is -0.132. The van der Waals surface area contributed by atoms with Crippen LogP contribution in [0.4, 0.5) is 19.0 Å². The summed E-state index contributed by atoms with van der Waals surface area (Å²) in [6, 6.07) is 1.19. The van der Waals surface area contributed by atoms with Crippen LogP contribution in [-0.4, -0.2) is 29.7 Å². The van der Waals surface area contributed by atoms with E-state index in [0.29, 0.717) is 12.2 Å². The summed E-state index contributed by atoms with van der Waals surface area (Å²) < 4.78 is 36.1. The maximum atomic E-state index is 12.0. The number of aromatic nitrogens is 2. The molecule has 0 aliphatic carbocycles. The molecule has 1 aromatic heterocycles. The summed E-state index contributed by atoms with van der Waals surface area (Å²) in [4.78, 5) is 19.1. The van der Waals surface area contributed by atoms with Crippen molar-refractivity contribution in [1.82, 2.24) is 9.97 Å². The van der Waals surface area contributed by atoms with Crippen molar-refractivity contribution in [2.75, 3.05) is 18.5 Å². The van der Waals surface area contributed by atoms with Gasteiger partial charge in [-0.1, -0.05) is 6.92 Å². The van der Waals surface area contributed by atoms with Crippen molar-refractivity contribution in [3.05, 3.63) is 22.2 Å². The average Bonchev–Trinajstić information content (AvgIpc) is 2.23. The Kier molecular flexibility index (Phi) is 4.14. The zero-order valence-electron chi connectivity index (χ0n) is 9.64. The number of alkyl halides is 3. The molecule has 0 aromatic carbocycles. The SMILES string of the molecule is CCc1nc(N(C)CCC(F)(F)F)cc(=O)[nH]1. The van der Waals surface area contributed by atoms with Crippen LogP contribution in [0.1, 0.15) is 19.2 Å². The molecule has 0 unspecified atom stereocenters. The molecule has 17 heavy (non-hydrogen) atoms. The Morgan fingerprint density at radius 1 is 1.47 bits per heavy atom. The third-order valence-electron chi connectivity index (χ3n) is 2.23. The van der Waals surface area contributed by atoms with E-state index >= 15 is 0 Å². The van der Waals surface area contributed by atoms with Gasteiger partial charge in [-0.05, 0) is 0 Å². The molecule has 0 atom stereocenters. The predicted molar refractivity (Wildman–Crippen MR) is 58.2 cm³/mol. The van der Waals surface area contributed by atoms with Crippen molar-refractivity contribution in [1.29, 1.82) is 0 Å². The zero-order valence-corrected chi connectivity index (χ0v) is 9.64. The van der Waals surface area contributed by atoms with E-state index in [-0.39, 0.29) is 17.9 Å². The quantitative estimate of drug-likeness (QED) is 0.883. The van der Waals surface area contributed by atoms with Gasteiger partial charge in [-0.2, -0.15) is 13.2 Å². The molecule has 1 rings (SSSR count). The van der Waals surface area contributed by atoms with E-state index in [1.54, 1.807) is 6.92 Å². The van der Waals surface area contributed by atoms with E-state index < -0.39 is 12.6 Å². The maximum absolute atomic E-state index is 12.0. The fourth-order valence-electron chi connectivity index (χ4n) is 1.27. The van der Waals surface area contributed by atoms with Crippen molar-refractivity contribution < 1.29 is 13.2 Å². The highest BCUT2D eigenvalue weighted by molar-refractivity contribution is 5.36. The third kappa shape index (κ3) is 4.46. The Bertz CT molecular complexity index is 428. The molecule has 1 heterocycles. The summed E-state index contributed by atoms with van der Waals surface area (Å²) in [5.41, 5.74) is -0.356. The van der Waals surface area contributed by atoms with Crippen molar-refractivity contribution in [3.63, 3.8) is 0 Å². The Morgan fingerprint density at radius 3 is 2.65 bits per heavy atom. The second kappa shape index (κ2) is 5.20. The normalized spacial score (nSPS) is 11.6. The van der Waals surface area contributed by atoms with Gasteiger partial charge in [0.2, 0.25) is 0 Å². The largest absolute Gasteiger partial charge is 0.390 e. The minimum Gasteiger partial charge on any atom is -0.359 e. The molecule has 0 aliphatic rings. The van der Waals surface area contributed by atoms with Gasteiger partial charge in [0.25, 0.3) is 5.56 Å². The number of halogens is 3. The molecule has 0 spiro atoms. The average molecular weight is 249 g/mol. The third-order valence-corrected chi connectivity index (χ3v) is 2.23. The fraction of sp³-hybridized carbons (Fsp3) is 0.600. The molecule has 0 saturated carbocycles. The Hall–Kier alpha value is -1.53. The first-order valence-electron chi connectivity index (χ1n) is 5.20. The van der Waals surface area contributed by atoms with Gasteiger partial charge in [0.15, 0.2) is 0 Å². The monoisotopic (exact) mass is 249 g/mol. The van der Waals surface area contributed by atoms with Crippen LogP contribution in [-0.2, 0) is 6.42 Å². The van der Waals surface area contributed by atoms with Crippen LogP contribution < -0.4 is 10.5 Å². The molecule has 0 fully saturated rings. The van der Waals surface area contributed by atoms with Gasteiger partial charge in [-0.15, -0.1) is 0 Å². The summed E-state index contributed by atoms with van der Waals surface area (Å²) in [5, 5.41) is 0. The van der Waals surface area contributed by atoms with Crippen molar-refractivity contribution in [3.8, 4) is 0 Å². The molecule has 4 nitrogen and oxygen atoms in total. The van der Waals surface area contributed by atoms with E-state index in [1.165, 1.54) is 18.0 Å². The van der Waals surface area contributed by atoms with E-state index in [2.05, 4.69) is 9.97 Å². The summed E-state index contributed by atoms with van der Waals surface area (Å²) in [6.45, 7) is 1.58. The summed E-state index contributed by atoms with van der Waals surface area (Å²) >= 11 is 0. The van der Waals surface area contributed by atoms with Crippen LogP contribution in [0.2, 0.25) is 0 Å². The van der Waals surface area contributed by atoms with E-state index in [1.807, 2.05) is 0 Å². The number of hydrogen-bond donors (Lipinski definition) is 1. The van der Waals surface area contributed by atoms with Gasteiger partial charge >= 0.3 is 6.18 Å². The molecule has 0 aliphatic heterocycles. The van der Waals surface area contributed by atoms with Gasteiger partial charge in [0.1, 0.15) is 11.6 Å². The Labute approximate surface area is 96.5 Å². The fourth-order valence-corrected chi connectivity index (χ4v) is 1.27. The smallest absolute Gasteiger partial charge is 0.359 e. The van der Waals surface area contributed by atoms with E-state index in [9.17, 15) is 18.0 Å². The predicted octanol–water partition coefficient (Wildman–Crippen LogP) is 1.72. The number of hydrogen-bond acceptors (Lipinski definition) is 3. The molecule has 7 heteroatoms. The molecule has 1 N–H and O–H groups in total. The second-order valence-electron chi connectivity index (χ2n) is 3.69. The number of rotatable bonds is 4.